The van der Waals surface area contributed by atoms with Gasteiger partial charge in [-0.05, 0) is 57.6 Å². The van der Waals surface area contributed by atoms with Crippen LogP contribution in [0, 0.1) is 19.8 Å². The van der Waals surface area contributed by atoms with E-state index >= 15 is 0 Å². The number of rotatable bonds is 4. The van der Waals surface area contributed by atoms with Gasteiger partial charge in [0.15, 0.2) is 5.82 Å². The molecule has 0 unspecified atom stereocenters. The van der Waals surface area contributed by atoms with Crippen LogP contribution < -0.4 is 4.90 Å². The number of anilines is 1. The third-order valence-corrected chi connectivity index (χ3v) is 6.07. The molecular weight excluding hydrogens is 350 g/mol. The van der Waals surface area contributed by atoms with E-state index in [2.05, 4.69) is 26.7 Å². The van der Waals surface area contributed by atoms with E-state index in [0.717, 1.165) is 81.1 Å². The number of hydrogen-bond donors (Lipinski definition) is 0. The Labute approximate surface area is 167 Å². The first-order chi connectivity index (χ1) is 13.6. The summed E-state index contributed by atoms with van der Waals surface area (Å²) in [5, 5.41) is 0. The zero-order valence-corrected chi connectivity index (χ0v) is 16.9. The molecular formula is C22H29N5O. The molecule has 0 aromatic carbocycles. The van der Waals surface area contributed by atoms with Crippen LogP contribution in [-0.2, 0) is 4.79 Å². The SMILES string of the molecule is Cc1nc(-c2ccccn2)nc(N2CCC(CN3CCCCC3=O)CC2)c1C. The van der Waals surface area contributed by atoms with E-state index in [9.17, 15) is 4.79 Å². The molecule has 2 aromatic heterocycles. The first-order valence-electron chi connectivity index (χ1n) is 10.4. The molecule has 2 aliphatic heterocycles. The fraction of sp³-hybridized carbons (Fsp3) is 0.545. The van der Waals surface area contributed by atoms with Gasteiger partial charge in [0.25, 0.3) is 0 Å². The molecule has 2 fully saturated rings. The Morgan fingerprint density at radius 3 is 2.61 bits per heavy atom. The van der Waals surface area contributed by atoms with Crippen molar-refractivity contribution in [3.8, 4) is 11.5 Å². The molecule has 0 aliphatic carbocycles. The van der Waals surface area contributed by atoms with E-state index < -0.39 is 0 Å². The Bertz CT molecular complexity index is 830. The van der Waals surface area contributed by atoms with E-state index in [1.54, 1.807) is 6.20 Å². The zero-order valence-electron chi connectivity index (χ0n) is 16.9. The van der Waals surface area contributed by atoms with Gasteiger partial charge in [-0.25, -0.2) is 9.97 Å². The van der Waals surface area contributed by atoms with Crippen molar-refractivity contribution in [3.63, 3.8) is 0 Å². The van der Waals surface area contributed by atoms with Gasteiger partial charge in [0.05, 0.1) is 0 Å². The molecule has 148 valence electrons. The fourth-order valence-electron chi connectivity index (χ4n) is 4.22. The Kier molecular flexibility index (Phi) is 5.55. The van der Waals surface area contributed by atoms with Gasteiger partial charge in [-0.3, -0.25) is 9.78 Å². The van der Waals surface area contributed by atoms with E-state index in [1.165, 1.54) is 0 Å². The summed E-state index contributed by atoms with van der Waals surface area (Å²) in [5.74, 6) is 2.66. The van der Waals surface area contributed by atoms with Gasteiger partial charge in [-0.1, -0.05) is 6.07 Å². The largest absolute Gasteiger partial charge is 0.356 e. The molecule has 1 amide bonds. The summed E-state index contributed by atoms with van der Waals surface area (Å²) < 4.78 is 0. The Balaban J connectivity index is 1.45. The first kappa shape index (κ1) is 18.8. The van der Waals surface area contributed by atoms with Gasteiger partial charge >= 0.3 is 0 Å². The van der Waals surface area contributed by atoms with E-state index in [0.29, 0.717) is 17.6 Å². The average Bonchev–Trinajstić information content (AvgIpc) is 2.73. The Hall–Kier alpha value is -2.50. The normalized spacial score (nSPS) is 18.6. The highest BCUT2D eigenvalue weighted by Gasteiger charge is 2.26. The van der Waals surface area contributed by atoms with Gasteiger partial charge in [-0.15, -0.1) is 0 Å². The topological polar surface area (TPSA) is 62.2 Å². The molecule has 0 radical (unpaired) electrons. The van der Waals surface area contributed by atoms with Gasteiger partial charge in [0.2, 0.25) is 5.91 Å². The lowest BCUT2D eigenvalue weighted by molar-refractivity contribution is -0.134. The van der Waals surface area contributed by atoms with Crippen molar-refractivity contribution in [2.75, 3.05) is 31.1 Å². The lowest BCUT2D eigenvalue weighted by Crippen LogP contribution is -2.43. The maximum absolute atomic E-state index is 12.1. The van der Waals surface area contributed by atoms with Crippen molar-refractivity contribution in [2.24, 2.45) is 5.92 Å². The second-order valence-electron chi connectivity index (χ2n) is 8.02. The van der Waals surface area contributed by atoms with Crippen LogP contribution in [0.5, 0.6) is 0 Å². The number of carbonyl (C=O) groups excluding carboxylic acids is 1. The van der Waals surface area contributed by atoms with Crippen LogP contribution in [0.25, 0.3) is 11.5 Å². The van der Waals surface area contributed by atoms with Crippen LogP contribution in [0.4, 0.5) is 5.82 Å². The molecule has 4 rings (SSSR count). The van der Waals surface area contributed by atoms with Gasteiger partial charge in [0, 0.05) is 50.1 Å². The number of likely N-dealkylation sites (tertiary alicyclic amines) is 1. The molecule has 0 saturated carbocycles. The number of nitrogens with zero attached hydrogens (tertiary/aromatic N) is 5. The number of aromatic nitrogens is 3. The maximum atomic E-state index is 12.1. The minimum atomic E-state index is 0.343. The summed E-state index contributed by atoms with van der Waals surface area (Å²) in [7, 11) is 0. The number of amides is 1. The summed E-state index contributed by atoms with van der Waals surface area (Å²) in [6.07, 6.45) is 6.92. The zero-order chi connectivity index (χ0) is 19.5. The van der Waals surface area contributed by atoms with Crippen molar-refractivity contribution in [1.82, 2.24) is 19.9 Å². The van der Waals surface area contributed by atoms with Crippen LogP contribution in [0.15, 0.2) is 24.4 Å². The van der Waals surface area contributed by atoms with Crippen LogP contribution in [0.2, 0.25) is 0 Å². The van der Waals surface area contributed by atoms with E-state index in [4.69, 9.17) is 4.98 Å². The van der Waals surface area contributed by atoms with Crippen molar-refractivity contribution in [3.05, 3.63) is 35.7 Å². The summed E-state index contributed by atoms with van der Waals surface area (Å²) in [6, 6.07) is 5.83. The predicted octanol–water partition coefficient (Wildman–Crippen LogP) is 3.38. The molecule has 2 saturated heterocycles. The Morgan fingerprint density at radius 1 is 1.07 bits per heavy atom. The summed E-state index contributed by atoms with van der Waals surface area (Å²) in [4.78, 5) is 30.5. The smallest absolute Gasteiger partial charge is 0.222 e. The minimum absolute atomic E-state index is 0.343. The van der Waals surface area contributed by atoms with Crippen molar-refractivity contribution >= 4 is 11.7 Å². The Morgan fingerprint density at radius 2 is 1.89 bits per heavy atom. The van der Waals surface area contributed by atoms with Crippen molar-refractivity contribution in [1.29, 1.82) is 0 Å². The third-order valence-electron chi connectivity index (χ3n) is 6.07. The molecule has 4 heterocycles. The number of pyridine rings is 1. The summed E-state index contributed by atoms with van der Waals surface area (Å²) in [5.41, 5.74) is 2.96. The molecule has 0 spiro atoms. The number of hydrogen-bond acceptors (Lipinski definition) is 5. The van der Waals surface area contributed by atoms with Gasteiger partial charge in [-0.2, -0.15) is 0 Å². The summed E-state index contributed by atoms with van der Waals surface area (Å²) in [6.45, 7) is 7.97. The fourth-order valence-corrected chi connectivity index (χ4v) is 4.22. The van der Waals surface area contributed by atoms with Gasteiger partial charge < -0.3 is 9.80 Å². The molecule has 28 heavy (non-hydrogen) atoms. The number of piperidine rings is 2. The van der Waals surface area contributed by atoms with Crippen LogP contribution in [0.3, 0.4) is 0 Å². The molecule has 6 heteroatoms. The van der Waals surface area contributed by atoms with E-state index in [-0.39, 0.29) is 0 Å². The molecule has 6 nitrogen and oxygen atoms in total. The molecule has 2 aliphatic rings. The van der Waals surface area contributed by atoms with Crippen molar-refractivity contribution in [2.45, 2.75) is 46.0 Å². The minimum Gasteiger partial charge on any atom is -0.356 e. The molecule has 0 atom stereocenters. The third kappa shape index (κ3) is 4.01. The highest BCUT2D eigenvalue weighted by Crippen LogP contribution is 2.28. The van der Waals surface area contributed by atoms with Crippen LogP contribution in [-0.4, -0.2) is 51.9 Å². The molecule has 0 bridgehead atoms. The van der Waals surface area contributed by atoms with Crippen molar-refractivity contribution < 1.29 is 4.79 Å². The lowest BCUT2D eigenvalue weighted by atomic mass is 9.95. The first-order valence-corrected chi connectivity index (χ1v) is 10.4. The average molecular weight is 380 g/mol. The molecule has 0 N–H and O–H groups in total. The monoisotopic (exact) mass is 379 g/mol. The second-order valence-corrected chi connectivity index (χ2v) is 8.02. The summed E-state index contributed by atoms with van der Waals surface area (Å²) >= 11 is 0. The van der Waals surface area contributed by atoms with E-state index in [1.807, 2.05) is 25.1 Å². The van der Waals surface area contributed by atoms with Gasteiger partial charge in [0.1, 0.15) is 11.5 Å². The number of carbonyl (C=O) groups is 1. The predicted molar refractivity (Wildman–Crippen MR) is 110 cm³/mol. The highest BCUT2D eigenvalue weighted by molar-refractivity contribution is 5.76. The number of aryl methyl sites for hydroxylation is 1. The second kappa shape index (κ2) is 8.25. The van der Waals surface area contributed by atoms with Crippen LogP contribution in [0.1, 0.15) is 43.4 Å². The van der Waals surface area contributed by atoms with Crippen LogP contribution >= 0.6 is 0 Å². The molecule has 2 aromatic rings. The maximum Gasteiger partial charge on any atom is 0.222 e. The quantitative estimate of drug-likeness (QED) is 0.815. The highest BCUT2D eigenvalue weighted by atomic mass is 16.2. The lowest BCUT2D eigenvalue weighted by Gasteiger charge is -2.37. The standard InChI is InChI=1S/C22H29N5O/c1-16-17(2)24-21(19-7-3-5-11-23-19)25-22(16)26-13-9-18(10-14-26)15-27-12-6-4-8-20(27)28/h3,5,7,11,18H,4,6,8-10,12-15H2,1-2H3.